The van der Waals surface area contributed by atoms with E-state index in [1.165, 1.54) is 141 Å². The van der Waals surface area contributed by atoms with Gasteiger partial charge in [-0.1, -0.05) is 279 Å². The first-order chi connectivity index (χ1) is 35.0. The lowest BCUT2D eigenvalue weighted by Crippen LogP contribution is -2.30. The van der Waals surface area contributed by atoms with Crippen molar-refractivity contribution >= 4 is 17.9 Å². The molecule has 0 amide bonds. The van der Waals surface area contributed by atoms with Gasteiger partial charge in [0.2, 0.25) is 0 Å². The summed E-state index contributed by atoms with van der Waals surface area (Å²) < 4.78 is 16.8. The second-order valence-corrected chi connectivity index (χ2v) is 19.9. The fourth-order valence-electron chi connectivity index (χ4n) is 8.42. The highest BCUT2D eigenvalue weighted by molar-refractivity contribution is 5.71. The van der Waals surface area contributed by atoms with Gasteiger partial charge in [-0.3, -0.25) is 14.4 Å². The van der Waals surface area contributed by atoms with E-state index in [1.807, 2.05) is 0 Å². The maximum Gasteiger partial charge on any atom is 0.306 e. The summed E-state index contributed by atoms with van der Waals surface area (Å²) in [7, 11) is 0. The van der Waals surface area contributed by atoms with E-state index in [0.717, 1.165) is 109 Å². The SMILES string of the molecule is CC/C=C\C/C=C\C/C=C\C/C=C\C/C=C\C/C=C\C/C=C\CCCCCCCCCC(=O)OCC(COC(=O)CCCCCCCCCCCCC)OC(=O)CCCCCCCCCCCCCCC. The van der Waals surface area contributed by atoms with Gasteiger partial charge in [-0.15, -0.1) is 0 Å². The maximum absolute atomic E-state index is 12.8. The van der Waals surface area contributed by atoms with E-state index in [0.29, 0.717) is 19.3 Å². The van der Waals surface area contributed by atoms with E-state index in [2.05, 4.69) is 106 Å². The summed E-state index contributed by atoms with van der Waals surface area (Å²) in [6.45, 7) is 6.53. The second-order valence-electron chi connectivity index (χ2n) is 19.9. The molecule has 0 aliphatic carbocycles. The molecule has 0 aliphatic rings. The predicted octanol–water partition coefficient (Wildman–Crippen LogP) is 20.3. The molecule has 0 N–H and O–H groups in total. The number of allylic oxidation sites excluding steroid dienone is 14. The van der Waals surface area contributed by atoms with Crippen LogP contribution in [0.1, 0.15) is 290 Å². The molecule has 0 saturated carbocycles. The highest BCUT2D eigenvalue weighted by Crippen LogP contribution is 2.16. The predicted molar refractivity (Wildman–Crippen MR) is 307 cm³/mol. The van der Waals surface area contributed by atoms with Gasteiger partial charge >= 0.3 is 17.9 Å². The van der Waals surface area contributed by atoms with Crippen molar-refractivity contribution in [3.05, 3.63) is 85.1 Å². The van der Waals surface area contributed by atoms with Crippen molar-refractivity contribution in [3.63, 3.8) is 0 Å². The number of rotatable bonds is 54. The summed E-state index contributed by atoms with van der Waals surface area (Å²) >= 11 is 0. The van der Waals surface area contributed by atoms with Crippen molar-refractivity contribution in [1.29, 1.82) is 0 Å². The standard InChI is InChI=1S/C65H112O6/c1-4-7-10-13-16-19-22-24-25-26-27-28-29-30-31-32-33-34-35-36-37-38-39-41-43-46-49-52-55-58-64(67)70-61-62(60-69-63(66)57-54-51-48-45-42-21-18-15-12-9-6-3)71-65(68)59-56-53-50-47-44-40-23-20-17-14-11-8-5-2/h7,10,16,19,24-25,27-28,30-31,33-34,36-37,62H,4-6,8-9,11-15,17-18,20-23,26,29,32,35,38-61H2,1-3H3/b10-7-,19-16-,25-24-,28-27-,31-30-,34-33-,37-36-. The monoisotopic (exact) mass is 989 g/mol. The molecule has 0 aromatic carbocycles. The lowest BCUT2D eigenvalue weighted by atomic mass is 10.0. The van der Waals surface area contributed by atoms with Crippen molar-refractivity contribution in [2.45, 2.75) is 297 Å². The first kappa shape index (κ1) is 67.6. The number of unbranched alkanes of at least 4 members (excludes halogenated alkanes) is 29. The quantitative estimate of drug-likeness (QED) is 0.0261. The van der Waals surface area contributed by atoms with Gasteiger partial charge in [0.05, 0.1) is 0 Å². The van der Waals surface area contributed by atoms with Crippen molar-refractivity contribution in [3.8, 4) is 0 Å². The highest BCUT2D eigenvalue weighted by Gasteiger charge is 2.19. The molecule has 0 spiro atoms. The fraction of sp³-hybridized carbons (Fsp3) is 0.738. The van der Waals surface area contributed by atoms with Crippen LogP contribution in [0.4, 0.5) is 0 Å². The average molecular weight is 990 g/mol. The number of carbonyl (C=O) groups is 3. The molecule has 0 aromatic rings. The zero-order valence-corrected chi connectivity index (χ0v) is 46.7. The molecular weight excluding hydrogens is 877 g/mol. The topological polar surface area (TPSA) is 78.9 Å². The molecule has 0 radical (unpaired) electrons. The van der Waals surface area contributed by atoms with Crippen LogP contribution in [0.25, 0.3) is 0 Å². The Labute approximate surface area is 439 Å². The van der Waals surface area contributed by atoms with Gasteiger partial charge in [0, 0.05) is 19.3 Å². The largest absolute Gasteiger partial charge is 0.462 e. The molecule has 0 aromatic heterocycles. The molecule has 0 fully saturated rings. The van der Waals surface area contributed by atoms with Gasteiger partial charge in [0.15, 0.2) is 6.10 Å². The zero-order chi connectivity index (χ0) is 51.4. The Kier molecular flexibility index (Phi) is 56.3. The van der Waals surface area contributed by atoms with Gasteiger partial charge in [-0.25, -0.2) is 0 Å². The number of esters is 3. The molecule has 0 bridgehead atoms. The lowest BCUT2D eigenvalue weighted by Gasteiger charge is -2.18. The summed E-state index contributed by atoms with van der Waals surface area (Å²) in [5.74, 6) is -0.879. The maximum atomic E-state index is 12.8. The fourth-order valence-corrected chi connectivity index (χ4v) is 8.42. The van der Waals surface area contributed by atoms with Crippen molar-refractivity contribution < 1.29 is 28.6 Å². The molecule has 6 nitrogen and oxygen atoms in total. The minimum atomic E-state index is -0.777. The van der Waals surface area contributed by atoms with E-state index in [9.17, 15) is 14.4 Å². The average Bonchev–Trinajstić information content (AvgIpc) is 3.37. The summed E-state index contributed by atoms with van der Waals surface area (Å²) in [5.41, 5.74) is 0. The molecule has 71 heavy (non-hydrogen) atoms. The van der Waals surface area contributed by atoms with E-state index in [1.54, 1.807) is 0 Å². The van der Waals surface area contributed by atoms with Crippen LogP contribution in [0.5, 0.6) is 0 Å². The Morgan fingerprint density at radius 2 is 0.549 bits per heavy atom. The number of carbonyl (C=O) groups excluding carboxylic acids is 3. The van der Waals surface area contributed by atoms with Crippen LogP contribution in [-0.4, -0.2) is 37.2 Å². The Hall–Kier alpha value is -3.41. The third-order valence-electron chi connectivity index (χ3n) is 12.9. The molecule has 408 valence electrons. The number of hydrogen-bond acceptors (Lipinski definition) is 6. The summed E-state index contributed by atoms with van der Waals surface area (Å²) in [6.07, 6.45) is 77.2. The molecule has 0 rings (SSSR count). The Bertz CT molecular complexity index is 1370. The van der Waals surface area contributed by atoms with Crippen LogP contribution in [0, 0.1) is 0 Å². The summed E-state index contributed by atoms with van der Waals surface area (Å²) in [6, 6.07) is 0. The van der Waals surface area contributed by atoms with Crippen LogP contribution in [0.2, 0.25) is 0 Å². The van der Waals surface area contributed by atoms with Gasteiger partial charge in [-0.05, 0) is 77.0 Å². The minimum Gasteiger partial charge on any atom is -0.462 e. The molecule has 0 heterocycles. The van der Waals surface area contributed by atoms with Crippen LogP contribution >= 0.6 is 0 Å². The van der Waals surface area contributed by atoms with Crippen LogP contribution in [0.3, 0.4) is 0 Å². The van der Waals surface area contributed by atoms with Gasteiger partial charge < -0.3 is 14.2 Å². The molecule has 0 saturated heterocycles. The highest BCUT2D eigenvalue weighted by atomic mass is 16.6. The zero-order valence-electron chi connectivity index (χ0n) is 46.7. The smallest absolute Gasteiger partial charge is 0.306 e. The van der Waals surface area contributed by atoms with Crippen molar-refractivity contribution in [1.82, 2.24) is 0 Å². The van der Waals surface area contributed by atoms with Gasteiger partial charge in [0.1, 0.15) is 13.2 Å². The minimum absolute atomic E-state index is 0.0756. The molecule has 1 unspecified atom stereocenters. The van der Waals surface area contributed by atoms with Crippen LogP contribution in [-0.2, 0) is 28.6 Å². The van der Waals surface area contributed by atoms with E-state index >= 15 is 0 Å². The second kappa shape index (κ2) is 59.2. The third-order valence-corrected chi connectivity index (χ3v) is 12.9. The first-order valence-corrected chi connectivity index (χ1v) is 30.1. The summed E-state index contributed by atoms with van der Waals surface area (Å²) in [4.78, 5) is 38.1. The van der Waals surface area contributed by atoms with Crippen molar-refractivity contribution in [2.75, 3.05) is 13.2 Å². The van der Waals surface area contributed by atoms with E-state index in [-0.39, 0.29) is 31.1 Å². The Balaban J connectivity index is 4.24. The number of ether oxygens (including phenoxy) is 3. The Morgan fingerprint density at radius 1 is 0.296 bits per heavy atom. The molecular formula is C65H112O6. The molecule has 0 aliphatic heterocycles. The van der Waals surface area contributed by atoms with E-state index < -0.39 is 6.10 Å². The van der Waals surface area contributed by atoms with Crippen LogP contribution < -0.4 is 0 Å². The lowest BCUT2D eigenvalue weighted by molar-refractivity contribution is -0.167. The van der Waals surface area contributed by atoms with Gasteiger partial charge in [0.25, 0.3) is 0 Å². The van der Waals surface area contributed by atoms with Gasteiger partial charge in [-0.2, -0.15) is 0 Å². The van der Waals surface area contributed by atoms with Crippen LogP contribution in [0.15, 0.2) is 85.1 Å². The normalized spacial score (nSPS) is 12.7. The van der Waals surface area contributed by atoms with E-state index in [4.69, 9.17) is 14.2 Å². The Morgan fingerprint density at radius 3 is 0.859 bits per heavy atom. The number of hydrogen-bond donors (Lipinski definition) is 0. The third kappa shape index (κ3) is 57.4. The molecule has 1 atom stereocenters. The first-order valence-electron chi connectivity index (χ1n) is 30.1. The summed E-state index contributed by atoms with van der Waals surface area (Å²) in [5, 5.41) is 0. The van der Waals surface area contributed by atoms with Crippen molar-refractivity contribution in [2.24, 2.45) is 0 Å². The molecule has 6 heteroatoms.